The van der Waals surface area contributed by atoms with Gasteiger partial charge in [0.1, 0.15) is 16.1 Å². The van der Waals surface area contributed by atoms with E-state index in [9.17, 15) is 0 Å². The SMILES string of the molecule is C[Si](C)(C)c1nnn(Cc2cccc(C#N)c2)c1[Si](C)(C)C. The number of rotatable bonds is 4. The maximum absolute atomic E-state index is 9.05. The van der Waals surface area contributed by atoms with E-state index >= 15 is 0 Å². The Morgan fingerprint density at radius 1 is 1.09 bits per heavy atom. The van der Waals surface area contributed by atoms with Crippen LogP contribution in [-0.4, -0.2) is 31.1 Å². The molecular formula is C16H24N4Si2. The monoisotopic (exact) mass is 328 g/mol. The van der Waals surface area contributed by atoms with Crippen molar-refractivity contribution in [3.63, 3.8) is 0 Å². The van der Waals surface area contributed by atoms with Gasteiger partial charge in [-0.25, -0.2) is 4.68 Å². The fourth-order valence-electron chi connectivity index (χ4n) is 2.58. The Morgan fingerprint density at radius 3 is 2.32 bits per heavy atom. The predicted octanol–water partition coefficient (Wildman–Crippen LogP) is 2.29. The second-order valence-corrected chi connectivity index (χ2v) is 17.7. The largest absolute Gasteiger partial charge is 0.250 e. The number of nitriles is 1. The minimum atomic E-state index is -1.55. The van der Waals surface area contributed by atoms with Gasteiger partial charge < -0.3 is 0 Å². The lowest BCUT2D eigenvalue weighted by Crippen LogP contribution is -2.58. The topological polar surface area (TPSA) is 54.5 Å². The molecule has 0 radical (unpaired) electrons. The molecule has 0 aliphatic rings. The Labute approximate surface area is 134 Å². The van der Waals surface area contributed by atoms with Crippen molar-refractivity contribution in [3.8, 4) is 6.07 Å². The summed E-state index contributed by atoms with van der Waals surface area (Å²) in [5.41, 5.74) is 1.79. The van der Waals surface area contributed by atoms with Crippen molar-refractivity contribution in [3.05, 3.63) is 35.4 Å². The molecular weight excluding hydrogens is 304 g/mol. The molecule has 6 heteroatoms. The van der Waals surface area contributed by atoms with Crippen LogP contribution in [0.15, 0.2) is 24.3 Å². The van der Waals surface area contributed by atoms with E-state index < -0.39 is 16.1 Å². The molecule has 1 aromatic heterocycles. The quantitative estimate of drug-likeness (QED) is 0.809. The summed E-state index contributed by atoms with van der Waals surface area (Å²) >= 11 is 0. The number of benzene rings is 1. The van der Waals surface area contributed by atoms with Crippen LogP contribution in [0, 0.1) is 11.3 Å². The van der Waals surface area contributed by atoms with Crippen molar-refractivity contribution in [1.29, 1.82) is 5.26 Å². The van der Waals surface area contributed by atoms with E-state index in [0.29, 0.717) is 12.1 Å². The van der Waals surface area contributed by atoms with E-state index in [1.165, 1.54) is 10.6 Å². The normalized spacial score (nSPS) is 12.2. The van der Waals surface area contributed by atoms with Crippen LogP contribution in [0.1, 0.15) is 11.1 Å². The third-order valence-electron chi connectivity index (χ3n) is 3.54. The van der Waals surface area contributed by atoms with Crippen LogP contribution in [-0.2, 0) is 6.54 Å². The van der Waals surface area contributed by atoms with Crippen molar-refractivity contribution in [2.45, 2.75) is 45.8 Å². The first kappa shape index (κ1) is 16.7. The zero-order valence-corrected chi connectivity index (χ0v) is 16.3. The van der Waals surface area contributed by atoms with Crippen molar-refractivity contribution < 1.29 is 0 Å². The summed E-state index contributed by atoms with van der Waals surface area (Å²) < 4.78 is 2.07. The average Bonchev–Trinajstić information content (AvgIpc) is 2.82. The van der Waals surface area contributed by atoms with Crippen molar-refractivity contribution in [2.24, 2.45) is 0 Å². The second-order valence-electron chi connectivity index (χ2n) is 7.76. The molecule has 22 heavy (non-hydrogen) atoms. The first-order chi connectivity index (χ1) is 10.1. The van der Waals surface area contributed by atoms with Gasteiger partial charge in [-0.05, 0) is 17.7 Å². The van der Waals surface area contributed by atoms with E-state index in [2.05, 4.69) is 60.3 Å². The molecule has 0 unspecified atom stereocenters. The van der Waals surface area contributed by atoms with Gasteiger partial charge in [0, 0.05) is 5.32 Å². The van der Waals surface area contributed by atoms with Crippen LogP contribution in [0.25, 0.3) is 0 Å². The molecule has 0 fully saturated rings. The third-order valence-corrected chi connectivity index (χ3v) is 7.47. The minimum absolute atomic E-state index is 0.687. The number of hydrogen-bond acceptors (Lipinski definition) is 3. The molecule has 0 bridgehead atoms. The van der Waals surface area contributed by atoms with E-state index in [1.807, 2.05) is 24.3 Å². The highest BCUT2D eigenvalue weighted by Crippen LogP contribution is 2.09. The van der Waals surface area contributed by atoms with Gasteiger partial charge in [0.2, 0.25) is 0 Å². The molecule has 2 rings (SSSR count). The van der Waals surface area contributed by atoms with Gasteiger partial charge >= 0.3 is 0 Å². The average molecular weight is 329 g/mol. The molecule has 0 amide bonds. The van der Waals surface area contributed by atoms with E-state index in [1.54, 1.807) is 0 Å². The number of aromatic nitrogens is 3. The van der Waals surface area contributed by atoms with Crippen LogP contribution in [0.4, 0.5) is 0 Å². The summed E-state index contributed by atoms with van der Waals surface area (Å²) in [6, 6.07) is 9.94. The van der Waals surface area contributed by atoms with Crippen LogP contribution in [0.3, 0.4) is 0 Å². The van der Waals surface area contributed by atoms with Crippen molar-refractivity contribution in [2.75, 3.05) is 0 Å². The van der Waals surface area contributed by atoms with Gasteiger partial charge in [0.25, 0.3) is 0 Å². The zero-order chi connectivity index (χ0) is 16.5. The molecule has 0 N–H and O–H groups in total. The lowest BCUT2D eigenvalue weighted by Gasteiger charge is -2.24. The van der Waals surface area contributed by atoms with Gasteiger partial charge in [0.05, 0.1) is 23.5 Å². The Kier molecular flexibility index (Phi) is 4.40. The summed E-state index contributed by atoms with van der Waals surface area (Å²) in [6.45, 7) is 14.7. The van der Waals surface area contributed by atoms with Crippen LogP contribution in [0.2, 0.25) is 39.3 Å². The second kappa shape index (κ2) is 5.82. The summed E-state index contributed by atoms with van der Waals surface area (Å²) in [6.07, 6.45) is 0. The molecule has 2 aromatic rings. The molecule has 4 nitrogen and oxygen atoms in total. The first-order valence-corrected chi connectivity index (χ1v) is 14.6. The molecule has 1 aromatic carbocycles. The van der Waals surface area contributed by atoms with Gasteiger partial charge in [-0.2, -0.15) is 5.26 Å². The van der Waals surface area contributed by atoms with Crippen LogP contribution in [0.5, 0.6) is 0 Å². The van der Waals surface area contributed by atoms with Crippen molar-refractivity contribution >= 4 is 26.8 Å². The fourth-order valence-corrected chi connectivity index (χ4v) is 7.68. The summed E-state index contributed by atoms with van der Waals surface area (Å²) in [4.78, 5) is 0. The van der Waals surface area contributed by atoms with E-state index in [0.717, 1.165) is 5.56 Å². The van der Waals surface area contributed by atoms with Gasteiger partial charge in [-0.1, -0.05) is 56.6 Å². The van der Waals surface area contributed by atoms with Crippen LogP contribution < -0.4 is 10.6 Å². The summed E-state index contributed by atoms with van der Waals surface area (Å²) in [5.74, 6) is 0. The highest BCUT2D eigenvalue weighted by atomic mass is 28.3. The summed E-state index contributed by atoms with van der Waals surface area (Å²) in [7, 11) is -3.06. The summed E-state index contributed by atoms with van der Waals surface area (Å²) in [5, 5.41) is 20.6. The Morgan fingerprint density at radius 2 is 1.77 bits per heavy atom. The molecule has 0 atom stereocenters. The van der Waals surface area contributed by atoms with E-state index in [-0.39, 0.29) is 0 Å². The molecule has 1 heterocycles. The van der Waals surface area contributed by atoms with Crippen LogP contribution >= 0.6 is 0 Å². The number of hydrogen-bond donors (Lipinski definition) is 0. The maximum atomic E-state index is 9.05. The lowest BCUT2D eigenvalue weighted by atomic mass is 10.1. The fraction of sp³-hybridized carbons (Fsp3) is 0.438. The molecule has 0 aliphatic carbocycles. The zero-order valence-electron chi connectivity index (χ0n) is 14.3. The molecule has 116 valence electrons. The Balaban J connectivity index is 2.48. The third kappa shape index (κ3) is 3.54. The Hall–Kier alpha value is -1.72. The maximum Gasteiger partial charge on any atom is 0.106 e. The minimum Gasteiger partial charge on any atom is -0.250 e. The van der Waals surface area contributed by atoms with Crippen molar-refractivity contribution in [1.82, 2.24) is 15.0 Å². The highest BCUT2D eigenvalue weighted by molar-refractivity contribution is 6.97. The Bertz CT molecular complexity index is 715. The first-order valence-electron chi connectivity index (χ1n) is 7.56. The standard InChI is InChI=1S/C16H24N4Si2/c1-21(2,3)15-16(22(4,5)6)20(19-18-15)12-14-9-7-8-13(10-14)11-17/h7-10H,12H2,1-6H3. The molecule has 0 saturated heterocycles. The smallest absolute Gasteiger partial charge is 0.106 e. The highest BCUT2D eigenvalue weighted by Gasteiger charge is 2.33. The molecule has 0 aliphatic heterocycles. The van der Waals surface area contributed by atoms with Gasteiger partial charge in [0.15, 0.2) is 0 Å². The molecule has 0 saturated carbocycles. The lowest BCUT2D eigenvalue weighted by molar-refractivity contribution is 0.662. The number of nitrogens with zero attached hydrogens (tertiary/aromatic N) is 4. The van der Waals surface area contributed by atoms with E-state index in [4.69, 9.17) is 5.26 Å². The molecule has 0 spiro atoms. The van der Waals surface area contributed by atoms with Gasteiger partial charge in [-0.15, -0.1) is 5.10 Å². The van der Waals surface area contributed by atoms with Gasteiger partial charge in [-0.3, -0.25) is 0 Å². The predicted molar refractivity (Wildman–Crippen MR) is 96.2 cm³/mol.